The Labute approximate surface area is 234 Å². The number of fused-ring (bicyclic) bond motifs is 4. The summed E-state index contributed by atoms with van der Waals surface area (Å²) in [6.45, 7) is 6.00. The van der Waals surface area contributed by atoms with Crippen molar-refractivity contribution in [3.63, 3.8) is 0 Å². The maximum Gasteiger partial charge on any atom is 0.280 e. The van der Waals surface area contributed by atoms with E-state index in [1.807, 2.05) is 54.3 Å². The molecular weight excluding hydrogens is 539 g/mol. The van der Waals surface area contributed by atoms with Crippen molar-refractivity contribution in [2.24, 2.45) is 0 Å². The number of nitrogens with one attached hydrogen (secondary N) is 1. The largest absolute Gasteiger partial charge is 0.323 e. The molecule has 1 aromatic heterocycles. The highest BCUT2D eigenvalue weighted by molar-refractivity contribution is 7.98. The SMILES string of the molecule is CSc1ccccc1-n1nc2c(c1C(C)C)C1(C(=O)Nc3cc(Cl)ccc31)N(c1cc(Cl)ccc1C)C2=O. The predicted molar refractivity (Wildman–Crippen MR) is 153 cm³/mol. The van der Waals surface area contributed by atoms with Gasteiger partial charge in [0.2, 0.25) is 0 Å². The lowest BCUT2D eigenvalue weighted by atomic mass is 9.81. The lowest BCUT2D eigenvalue weighted by molar-refractivity contribution is -0.119. The maximum atomic E-state index is 14.4. The molecule has 9 heteroatoms. The van der Waals surface area contributed by atoms with Crippen LogP contribution in [0.4, 0.5) is 11.4 Å². The van der Waals surface area contributed by atoms with Crippen LogP contribution in [0.3, 0.4) is 0 Å². The number of benzene rings is 3. The topological polar surface area (TPSA) is 67.2 Å². The third-order valence-corrected chi connectivity index (χ3v) is 8.50. The molecule has 2 aliphatic rings. The molecule has 0 saturated heterocycles. The molecule has 2 aliphatic heterocycles. The number of anilines is 2. The number of aromatic nitrogens is 2. The fourth-order valence-corrected chi connectivity index (χ4v) is 6.60. The van der Waals surface area contributed by atoms with Crippen molar-refractivity contribution in [2.75, 3.05) is 16.5 Å². The first-order chi connectivity index (χ1) is 18.2. The van der Waals surface area contributed by atoms with Crippen LogP contribution in [-0.4, -0.2) is 27.9 Å². The lowest BCUT2D eigenvalue weighted by Crippen LogP contribution is -2.51. The second-order valence-electron chi connectivity index (χ2n) is 9.77. The van der Waals surface area contributed by atoms with Crippen LogP contribution in [0.2, 0.25) is 10.0 Å². The van der Waals surface area contributed by atoms with E-state index in [0.717, 1.165) is 21.8 Å². The average molecular weight is 564 g/mol. The van der Waals surface area contributed by atoms with Gasteiger partial charge in [0.1, 0.15) is 0 Å². The fourth-order valence-electron chi connectivity index (χ4n) is 5.68. The molecular formula is C29H24Cl2N4O2S. The van der Waals surface area contributed by atoms with E-state index < -0.39 is 5.54 Å². The van der Waals surface area contributed by atoms with Crippen molar-refractivity contribution in [3.05, 3.63) is 98.8 Å². The van der Waals surface area contributed by atoms with Crippen LogP contribution in [0.5, 0.6) is 0 Å². The van der Waals surface area contributed by atoms with Crippen LogP contribution >= 0.6 is 35.0 Å². The van der Waals surface area contributed by atoms with E-state index >= 15 is 0 Å². The minimum Gasteiger partial charge on any atom is -0.323 e. The van der Waals surface area contributed by atoms with E-state index in [4.69, 9.17) is 28.3 Å². The van der Waals surface area contributed by atoms with E-state index in [1.165, 1.54) is 0 Å². The molecule has 3 heterocycles. The normalized spacial score (nSPS) is 17.9. The summed E-state index contributed by atoms with van der Waals surface area (Å²) < 4.78 is 1.84. The average Bonchev–Trinajstić information content (AvgIpc) is 3.49. The number of aryl methyl sites for hydroxylation is 1. The van der Waals surface area contributed by atoms with Gasteiger partial charge in [-0.15, -0.1) is 11.8 Å². The predicted octanol–water partition coefficient (Wildman–Crippen LogP) is 7.19. The summed E-state index contributed by atoms with van der Waals surface area (Å²) in [4.78, 5) is 31.3. The number of hydrogen-bond acceptors (Lipinski definition) is 4. The van der Waals surface area contributed by atoms with E-state index in [1.54, 1.807) is 40.9 Å². The number of para-hydroxylation sites is 1. The van der Waals surface area contributed by atoms with Gasteiger partial charge >= 0.3 is 0 Å². The highest BCUT2D eigenvalue weighted by atomic mass is 35.5. The Morgan fingerprint density at radius 2 is 1.68 bits per heavy atom. The number of amides is 2. The molecule has 0 saturated carbocycles. The molecule has 1 N–H and O–H groups in total. The van der Waals surface area contributed by atoms with Crippen molar-refractivity contribution in [3.8, 4) is 5.69 Å². The Bertz CT molecular complexity index is 1660. The molecule has 0 radical (unpaired) electrons. The zero-order chi connectivity index (χ0) is 26.9. The quantitative estimate of drug-likeness (QED) is 0.267. The summed E-state index contributed by atoms with van der Waals surface area (Å²) in [7, 11) is 0. The second-order valence-corrected chi connectivity index (χ2v) is 11.5. The first-order valence-corrected chi connectivity index (χ1v) is 14.2. The molecule has 2 amide bonds. The summed E-state index contributed by atoms with van der Waals surface area (Å²) in [5, 5.41) is 8.89. The van der Waals surface area contributed by atoms with Gasteiger partial charge in [-0.25, -0.2) is 4.68 Å². The lowest BCUT2D eigenvalue weighted by Gasteiger charge is -2.36. The second kappa shape index (κ2) is 8.90. The van der Waals surface area contributed by atoms with Crippen molar-refractivity contribution in [1.82, 2.24) is 9.78 Å². The maximum absolute atomic E-state index is 14.4. The minimum atomic E-state index is -1.48. The summed E-state index contributed by atoms with van der Waals surface area (Å²) in [5.41, 5.74) is 3.62. The Kier molecular flexibility index (Phi) is 5.87. The van der Waals surface area contributed by atoms with Crippen LogP contribution in [0.15, 0.2) is 65.6 Å². The molecule has 4 aromatic rings. The number of carbonyl (C=O) groups excluding carboxylic acids is 2. The summed E-state index contributed by atoms with van der Waals surface area (Å²) in [5.74, 6) is -0.748. The molecule has 3 aromatic carbocycles. The smallest absolute Gasteiger partial charge is 0.280 e. The Morgan fingerprint density at radius 3 is 2.42 bits per heavy atom. The van der Waals surface area contributed by atoms with Crippen LogP contribution < -0.4 is 10.2 Å². The van der Waals surface area contributed by atoms with E-state index in [9.17, 15) is 9.59 Å². The van der Waals surface area contributed by atoms with Crippen LogP contribution in [0.1, 0.15) is 52.6 Å². The Hall–Kier alpha value is -3.26. The highest BCUT2D eigenvalue weighted by Crippen LogP contribution is 2.55. The zero-order valence-corrected chi connectivity index (χ0v) is 23.5. The van der Waals surface area contributed by atoms with E-state index in [-0.39, 0.29) is 23.4 Å². The van der Waals surface area contributed by atoms with Crippen LogP contribution in [-0.2, 0) is 10.3 Å². The van der Waals surface area contributed by atoms with Crippen molar-refractivity contribution in [2.45, 2.75) is 37.1 Å². The minimum absolute atomic E-state index is 0.0598. The molecule has 0 aliphatic carbocycles. The first-order valence-electron chi connectivity index (χ1n) is 12.2. The van der Waals surface area contributed by atoms with Crippen LogP contribution in [0, 0.1) is 6.92 Å². The molecule has 38 heavy (non-hydrogen) atoms. The number of nitrogens with zero attached hydrogens (tertiary/aromatic N) is 3. The molecule has 1 spiro atoms. The van der Waals surface area contributed by atoms with Gasteiger partial charge in [0, 0.05) is 31.8 Å². The first kappa shape index (κ1) is 25.0. The van der Waals surface area contributed by atoms with Crippen LogP contribution in [0.25, 0.3) is 5.69 Å². The molecule has 1 unspecified atom stereocenters. The number of carbonyl (C=O) groups is 2. The third kappa shape index (κ3) is 3.32. The Morgan fingerprint density at radius 1 is 0.974 bits per heavy atom. The van der Waals surface area contributed by atoms with Gasteiger partial charge in [0.05, 0.1) is 17.1 Å². The molecule has 1 atom stereocenters. The molecule has 6 rings (SSSR count). The number of hydrogen-bond donors (Lipinski definition) is 1. The number of halogens is 2. The number of rotatable bonds is 4. The Balaban J connectivity index is 1.75. The van der Waals surface area contributed by atoms with Gasteiger partial charge < -0.3 is 5.32 Å². The summed E-state index contributed by atoms with van der Waals surface area (Å²) in [6.07, 6.45) is 2.01. The highest BCUT2D eigenvalue weighted by Gasteiger charge is 2.64. The van der Waals surface area contributed by atoms with Gasteiger partial charge in [-0.1, -0.05) is 61.3 Å². The van der Waals surface area contributed by atoms with E-state index in [0.29, 0.717) is 32.5 Å². The van der Waals surface area contributed by atoms with Gasteiger partial charge in [0.25, 0.3) is 11.8 Å². The van der Waals surface area contributed by atoms with Gasteiger partial charge in [-0.3, -0.25) is 14.5 Å². The molecule has 0 fully saturated rings. The zero-order valence-electron chi connectivity index (χ0n) is 21.2. The third-order valence-electron chi connectivity index (χ3n) is 7.24. The van der Waals surface area contributed by atoms with Crippen molar-refractivity contribution >= 4 is 58.2 Å². The van der Waals surface area contributed by atoms with Crippen molar-refractivity contribution < 1.29 is 9.59 Å². The monoisotopic (exact) mass is 562 g/mol. The molecule has 192 valence electrons. The number of thioether (sulfide) groups is 1. The van der Waals surface area contributed by atoms with E-state index in [2.05, 4.69) is 19.2 Å². The molecule has 6 nitrogen and oxygen atoms in total. The standard InChI is InChI=1S/C29H24Cl2N4O2S/c1-15(2)26-24-25(33-35(26)21-7-5-6-8-23(21)38-4)27(36)34(22-14-18(31)10-9-16(22)3)29(24)19-12-11-17(30)13-20(19)32-28(29)37/h5-15H,1-4H3,(H,32,37). The van der Waals surface area contributed by atoms with Gasteiger partial charge in [0.15, 0.2) is 11.2 Å². The molecule has 0 bridgehead atoms. The summed E-state index contributed by atoms with van der Waals surface area (Å²) >= 11 is 14.4. The fraction of sp³-hybridized carbons (Fsp3) is 0.207. The van der Waals surface area contributed by atoms with Gasteiger partial charge in [-0.2, -0.15) is 5.10 Å². The van der Waals surface area contributed by atoms with Gasteiger partial charge in [-0.05, 0) is 61.1 Å². The summed E-state index contributed by atoms with van der Waals surface area (Å²) in [6, 6.07) is 18.6. The van der Waals surface area contributed by atoms with Crippen molar-refractivity contribution in [1.29, 1.82) is 0 Å².